The van der Waals surface area contributed by atoms with Gasteiger partial charge in [-0.3, -0.25) is 4.79 Å². The SMILES string of the molecule is COc1ccccc1CC(=O)N(C)C(CN1CCCC1)c1ccccc1. The van der Waals surface area contributed by atoms with E-state index in [0.717, 1.165) is 30.9 Å². The number of carbonyl (C=O) groups excluding carboxylic acids is 1. The minimum atomic E-state index is 0.0662. The molecular formula is C22H28N2O2. The maximum Gasteiger partial charge on any atom is 0.227 e. The van der Waals surface area contributed by atoms with E-state index < -0.39 is 0 Å². The zero-order chi connectivity index (χ0) is 18.4. The van der Waals surface area contributed by atoms with Crippen molar-refractivity contribution < 1.29 is 9.53 Å². The van der Waals surface area contributed by atoms with Gasteiger partial charge >= 0.3 is 0 Å². The van der Waals surface area contributed by atoms with Gasteiger partial charge in [0.25, 0.3) is 0 Å². The first kappa shape index (κ1) is 18.5. The van der Waals surface area contributed by atoms with Crippen LogP contribution in [0.25, 0.3) is 0 Å². The van der Waals surface area contributed by atoms with Crippen LogP contribution < -0.4 is 4.74 Å². The van der Waals surface area contributed by atoms with Gasteiger partial charge < -0.3 is 14.5 Å². The molecule has 2 aromatic rings. The lowest BCUT2D eigenvalue weighted by atomic mass is 10.0. The highest BCUT2D eigenvalue weighted by atomic mass is 16.5. The smallest absolute Gasteiger partial charge is 0.227 e. The molecule has 0 spiro atoms. The molecule has 3 rings (SSSR count). The summed E-state index contributed by atoms with van der Waals surface area (Å²) in [4.78, 5) is 17.4. The summed E-state index contributed by atoms with van der Waals surface area (Å²) < 4.78 is 5.40. The van der Waals surface area contributed by atoms with Crippen molar-refractivity contribution >= 4 is 5.91 Å². The number of hydrogen-bond acceptors (Lipinski definition) is 3. The van der Waals surface area contributed by atoms with Crippen molar-refractivity contribution in [3.8, 4) is 5.75 Å². The molecule has 1 unspecified atom stereocenters. The van der Waals surface area contributed by atoms with Gasteiger partial charge in [0, 0.05) is 19.2 Å². The van der Waals surface area contributed by atoms with Crippen LogP contribution in [0.4, 0.5) is 0 Å². The minimum Gasteiger partial charge on any atom is -0.496 e. The number of likely N-dealkylation sites (tertiary alicyclic amines) is 1. The van der Waals surface area contributed by atoms with Gasteiger partial charge in [-0.15, -0.1) is 0 Å². The number of carbonyl (C=O) groups is 1. The minimum absolute atomic E-state index is 0.0662. The van der Waals surface area contributed by atoms with E-state index in [1.54, 1.807) is 7.11 Å². The summed E-state index contributed by atoms with van der Waals surface area (Å²) in [6.45, 7) is 3.13. The number of amides is 1. The molecule has 0 radical (unpaired) electrons. The highest BCUT2D eigenvalue weighted by Gasteiger charge is 2.26. The number of hydrogen-bond donors (Lipinski definition) is 0. The molecule has 0 aliphatic carbocycles. The second kappa shape index (κ2) is 8.86. The number of para-hydroxylation sites is 1. The molecule has 2 aromatic carbocycles. The number of ether oxygens (including phenoxy) is 1. The van der Waals surface area contributed by atoms with Crippen molar-refractivity contribution in [1.29, 1.82) is 0 Å². The number of rotatable bonds is 7. The Hall–Kier alpha value is -2.33. The Bertz CT molecular complexity index is 711. The Morgan fingerprint density at radius 3 is 2.42 bits per heavy atom. The molecular weight excluding hydrogens is 324 g/mol. The molecule has 0 bridgehead atoms. The Kier molecular flexibility index (Phi) is 6.29. The number of nitrogens with zero attached hydrogens (tertiary/aromatic N) is 2. The summed E-state index contributed by atoms with van der Waals surface area (Å²) in [7, 11) is 3.57. The number of likely N-dealkylation sites (N-methyl/N-ethyl adjacent to an activating group) is 1. The lowest BCUT2D eigenvalue weighted by Crippen LogP contribution is -2.39. The van der Waals surface area contributed by atoms with Crippen LogP contribution in [0.1, 0.15) is 30.0 Å². The third-order valence-corrected chi connectivity index (χ3v) is 5.21. The molecule has 0 N–H and O–H groups in total. The summed E-state index contributed by atoms with van der Waals surface area (Å²) >= 11 is 0. The molecule has 1 aliphatic rings. The fourth-order valence-electron chi connectivity index (χ4n) is 3.65. The predicted octanol–water partition coefficient (Wildman–Crippen LogP) is 3.53. The van der Waals surface area contributed by atoms with Gasteiger partial charge in [-0.05, 0) is 37.6 Å². The van der Waals surface area contributed by atoms with Crippen molar-refractivity contribution in [2.24, 2.45) is 0 Å². The molecule has 1 fully saturated rings. The molecule has 1 aliphatic heterocycles. The monoisotopic (exact) mass is 352 g/mol. The third kappa shape index (κ3) is 4.44. The molecule has 1 atom stereocenters. The van der Waals surface area contributed by atoms with E-state index in [1.165, 1.54) is 18.4 Å². The Morgan fingerprint density at radius 1 is 1.08 bits per heavy atom. The fourth-order valence-corrected chi connectivity index (χ4v) is 3.65. The molecule has 1 heterocycles. The lowest BCUT2D eigenvalue weighted by Gasteiger charge is -2.32. The van der Waals surface area contributed by atoms with E-state index in [4.69, 9.17) is 4.74 Å². The van der Waals surface area contributed by atoms with Crippen LogP contribution in [0.5, 0.6) is 5.75 Å². The van der Waals surface area contributed by atoms with E-state index >= 15 is 0 Å². The van der Waals surface area contributed by atoms with Gasteiger partial charge in [-0.25, -0.2) is 0 Å². The Balaban J connectivity index is 1.77. The van der Waals surface area contributed by atoms with Crippen molar-refractivity contribution in [2.75, 3.05) is 33.8 Å². The van der Waals surface area contributed by atoms with Gasteiger partial charge in [-0.2, -0.15) is 0 Å². The zero-order valence-corrected chi connectivity index (χ0v) is 15.7. The summed E-state index contributed by atoms with van der Waals surface area (Å²) in [6, 6.07) is 18.2. The fraction of sp³-hybridized carbons (Fsp3) is 0.409. The number of methoxy groups -OCH3 is 1. The zero-order valence-electron chi connectivity index (χ0n) is 15.7. The molecule has 4 heteroatoms. The van der Waals surface area contributed by atoms with E-state index in [2.05, 4.69) is 17.0 Å². The van der Waals surface area contributed by atoms with E-state index in [9.17, 15) is 4.79 Å². The molecule has 0 aromatic heterocycles. The first-order valence-electron chi connectivity index (χ1n) is 9.34. The second-order valence-electron chi connectivity index (χ2n) is 6.93. The number of benzene rings is 2. The van der Waals surface area contributed by atoms with Gasteiger partial charge in [0.05, 0.1) is 19.6 Å². The normalized spacial score (nSPS) is 15.6. The topological polar surface area (TPSA) is 32.8 Å². The van der Waals surface area contributed by atoms with Crippen LogP contribution in [0.3, 0.4) is 0 Å². The van der Waals surface area contributed by atoms with E-state index in [0.29, 0.717) is 6.42 Å². The summed E-state index contributed by atoms with van der Waals surface area (Å²) in [5, 5.41) is 0. The van der Waals surface area contributed by atoms with Crippen molar-refractivity contribution in [2.45, 2.75) is 25.3 Å². The first-order valence-corrected chi connectivity index (χ1v) is 9.34. The van der Waals surface area contributed by atoms with Crippen LogP contribution in [-0.4, -0.2) is 49.5 Å². The highest BCUT2D eigenvalue weighted by Crippen LogP contribution is 2.25. The van der Waals surface area contributed by atoms with Crippen LogP contribution >= 0.6 is 0 Å². The standard InChI is InChI=1S/C22H28N2O2/c1-23(22(25)16-19-12-6-7-13-21(19)26-2)20(17-24-14-8-9-15-24)18-10-4-3-5-11-18/h3-7,10-13,20H,8-9,14-17H2,1-2H3. The average Bonchev–Trinajstić information content (AvgIpc) is 3.20. The van der Waals surface area contributed by atoms with Gasteiger partial charge in [0.1, 0.15) is 5.75 Å². The first-order chi connectivity index (χ1) is 12.7. The quantitative estimate of drug-likeness (QED) is 0.764. The summed E-state index contributed by atoms with van der Waals surface area (Å²) in [6.07, 6.45) is 2.85. The Morgan fingerprint density at radius 2 is 1.73 bits per heavy atom. The summed E-state index contributed by atoms with van der Waals surface area (Å²) in [5.41, 5.74) is 2.12. The maximum atomic E-state index is 13.0. The third-order valence-electron chi connectivity index (χ3n) is 5.21. The van der Waals surface area contributed by atoms with Crippen LogP contribution in [0, 0.1) is 0 Å². The molecule has 4 nitrogen and oxygen atoms in total. The van der Waals surface area contributed by atoms with Crippen LogP contribution in [0.2, 0.25) is 0 Å². The van der Waals surface area contributed by atoms with E-state index in [1.807, 2.05) is 54.4 Å². The van der Waals surface area contributed by atoms with Gasteiger partial charge in [0.2, 0.25) is 5.91 Å². The lowest BCUT2D eigenvalue weighted by molar-refractivity contribution is -0.131. The molecule has 1 saturated heterocycles. The highest BCUT2D eigenvalue weighted by molar-refractivity contribution is 5.79. The maximum absolute atomic E-state index is 13.0. The second-order valence-corrected chi connectivity index (χ2v) is 6.93. The molecule has 1 amide bonds. The van der Waals surface area contributed by atoms with Crippen molar-refractivity contribution in [1.82, 2.24) is 9.80 Å². The van der Waals surface area contributed by atoms with Crippen LogP contribution in [0.15, 0.2) is 54.6 Å². The van der Waals surface area contributed by atoms with Gasteiger partial charge in [-0.1, -0.05) is 48.5 Å². The predicted molar refractivity (Wildman–Crippen MR) is 104 cm³/mol. The summed E-state index contributed by atoms with van der Waals surface area (Å²) in [5.74, 6) is 0.882. The molecule has 138 valence electrons. The molecule has 26 heavy (non-hydrogen) atoms. The van der Waals surface area contributed by atoms with Crippen molar-refractivity contribution in [3.63, 3.8) is 0 Å². The Labute approximate surface area is 156 Å². The van der Waals surface area contributed by atoms with Crippen LogP contribution in [-0.2, 0) is 11.2 Å². The largest absolute Gasteiger partial charge is 0.496 e. The van der Waals surface area contributed by atoms with E-state index in [-0.39, 0.29) is 11.9 Å². The average molecular weight is 352 g/mol. The van der Waals surface area contributed by atoms with Gasteiger partial charge in [0.15, 0.2) is 0 Å². The van der Waals surface area contributed by atoms with Crippen molar-refractivity contribution in [3.05, 3.63) is 65.7 Å². The molecule has 0 saturated carbocycles.